The van der Waals surface area contributed by atoms with E-state index in [0.29, 0.717) is 24.2 Å². The predicted octanol–water partition coefficient (Wildman–Crippen LogP) is 3.46. The molecule has 2 aromatic carbocycles. The fraction of sp³-hybridized carbons (Fsp3) is 0.217. The Hall–Kier alpha value is -3.19. The quantitative estimate of drug-likeness (QED) is 0.684. The van der Waals surface area contributed by atoms with Crippen LogP contribution in [0.3, 0.4) is 0 Å². The average molecular weight is 422 g/mol. The Morgan fingerprint density at radius 3 is 2.60 bits per heavy atom. The van der Waals surface area contributed by atoms with Crippen molar-refractivity contribution in [1.82, 2.24) is 10.3 Å². The van der Waals surface area contributed by atoms with Crippen LogP contribution in [0.2, 0.25) is 0 Å². The molecule has 0 aliphatic carbocycles. The van der Waals surface area contributed by atoms with Crippen LogP contribution in [0, 0.1) is 6.92 Å². The fourth-order valence-electron chi connectivity index (χ4n) is 3.71. The molecule has 1 aliphatic heterocycles. The van der Waals surface area contributed by atoms with Crippen LogP contribution in [0.4, 0.5) is 5.69 Å². The zero-order valence-corrected chi connectivity index (χ0v) is 17.7. The highest BCUT2D eigenvalue weighted by molar-refractivity contribution is 7.92. The summed E-state index contributed by atoms with van der Waals surface area (Å²) in [5.74, 6) is -0.212. The molecule has 0 radical (unpaired) electrons. The van der Waals surface area contributed by atoms with Gasteiger partial charge in [0.25, 0.3) is 15.9 Å². The molecule has 7 heteroatoms. The first-order chi connectivity index (χ1) is 14.4. The van der Waals surface area contributed by atoms with Gasteiger partial charge in [-0.05, 0) is 68.3 Å². The number of aromatic nitrogens is 1. The predicted molar refractivity (Wildman–Crippen MR) is 116 cm³/mol. The molecule has 0 fully saturated rings. The minimum atomic E-state index is -3.67. The highest BCUT2D eigenvalue weighted by Gasteiger charge is 2.36. The Balaban J connectivity index is 1.57. The van der Waals surface area contributed by atoms with Crippen LogP contribution in [-0.4, -0.2) is 25.4 Å². The van der Waals surface area contributed by atoms with Crippen molar-refractivity contribution in [2.45, 2.75) is 37.8 Å². The van der Waals surface area contributed by atoms with Gasteiger partial charge in [-0.15, -0.1) is 0 Å². The van der Waals surface area contributed by atoms with Crippen LogP contribution in [0.5, 0.6) is 0 Å². The number of sulfonamides is 1. The molecular formula is C23H23N3O3S. The number of hydrogen-bond donors (Lipinski definition) is 1. The molecule has 30 heavy (non-hydrogen) atoms. The van der Waals surface area contributed by atoms with Crippen molar-refractivity contribution >= 4 is 21.6 Å². The van der Waals surface area contributed by atoms with E-state index >= 15 is 0 Å². The van der Waals surface area contributed by atoms with E-state index in [4.69, 9.17) is 0 Å². The Kier molecular flexibility index (Phi) is 5.30. The Labute approximate surface area is 176 Å². The normalized spacial score (nSPS) is 15.7. The minimum absolute atomic E-state index is 0.212. The highest BCUT2D eigenvalue weighted by Crippen LogP contribution is 2.37. The van der Waals surface area contributed by atoms with Crippen LogP contribution in [-0.2, 0) is 23.0 Å². The van der Waals surface area contributed by atoms with Gasteiger partial charge in [0.05, 0.1) is 22.8 Å². The van der Waals surface area contributed by atoms with Gasteiger partial charge in [0.15, 0.2) is 0 Å². The maximum Gasteiger partial charge on any atom is 0.264 e. The summed E-state index contributed by atoms with van der Waals surface area (Å²) in [6.07, 6.45) is 2.24. The second-order valence-electron chi connectivity index (χ2n) is 7.51. The summed E-state index contributed by atoms with van der Waals surface area (Å²) >= 11 is 0. The summed E-state index contributed by atoms with van der Waals surface area (Å²) in [6, 6.07) is 17.3. The third kappa shape index (κ3) is 3.80. The van der Waals surface area contributed by atoms with Crippen molar-refractivity contribution in [3.05, 3.63) is 89.2 Å². The highest BCUT2D eigenvalue weighted by atomic mass is 32.2. The molecule has 6 nitrogen and oxygen atoms in total. The topological polar surface area (TPSA) is 79.4 Å². The molecule has 0 saturated carbocycles. The SMILES string of the molecule is Cc1ccc(S(=O)(=O)N2c3ccc(C(=O)NCc4ccccn4)cc3C[C@H]2C)cc1. The molecule has 0 bridgehead atoms. The van der Waals surface area contributed by atoms with Crippen molar-refractivity contribution in [3.8, 4) is 0 Å². The third-order valence-corrected chi connectivity index (χ3v) is 7.17. The van der Waals surface area contributed by atoms with E-state index in [2.05, 4.69) is 10.3 Å². The summed E-state index contributed by atoms with van der Waals surface area (Å²) < 4.78 is 27.9. The van der Waals surface area contributed by atoms with Crippen LogP contribution < -0.4 is 9.62 Å². The van der Waals surface area contributed by atoms with Gasteiger partial charge in [-0.2, -0.15) is 0 Å². The minimum Gasteiger partial charge on any atom is -0.346 e. The first-order valence-corrected chi connectivity index (χ1v) is 11.2. The van der Waals surface area contributed by atoms with Crippen molar-refractivity contribution in [2.24, 2.45) is 0 Å². The van der Waals surface area contributed by atoms with E-state index in [0.717, 1.165) is 16.8 Å². The van der Waals surface area contributed by atoms with Crippen molar-refractivity contribution in [1.29, 1.82) is 0 Å². The van der Waals surface area contributed by atoms with Crippen molar-refractivity contribution < 1.29 is 13.2 Å². The zero-order valence-electron chi connectivity index (χ0n) is 16.9. The molecule has 0 saturated heterocycles. The number of amides is 1. The van der Waals surface area contributed by atoms with Gasteiger partial charge in [-0.25, -0.2) is 8.42 Å². The number of fused-ring (bicyclic) bond motifs is 1. The molecule has 0 spiro atoms. The van der Waals surface area contributed by atoms with E-state index in [1.165, 1.54) is 4.31 Å². The smallest absolute Gasteiger partial charge is 0.264 e. The van der Waals surface area contributed by atoms with E-state index in [-0.39, 0.29) is 16.8 Å². The van der Waals surface area contributed by atoms with Crippen LogP contribution in [0.15, 0.2) is 71.8 Å². The van der Waals surface area contributed by atoms with Gasteiger partial charge in [0.2, 0.25) is 0 Å². The van der Waals surface area contributed by atoms with Gasteiger partial charge in [0, 0.05) is 17.8 Å². The molecule has 1 aliphatic rings. The molecule has 4 rings (SSSR count). The number of anilines is 1. The Bertz CT molecular complexity index is 1180. The molecule has 1 aromatic heterocycles. The summed E-state index contributed by atoms with van der Waals surface area (Å²) in [5, 5.41) is 2.86. The van der Waals surface area contributed by atoms with Crippen LogP contribution in [0.1, 0.15) is 34.1 Å². The molecule has 1 atom stereocenters. The number of nitrogens with zero attached hydrogens (tertiary/aromatic N) is 2. The molecule has 0 unspecified atom stereocenters. The lowest BCUT2D eigenvalue weighted by atomic mass is 10.1. The lowest BCUT2D eigenvalue weighted by molar-refractivity contribution is 0.0950. The van der Waals surface area contributed by atoms with E-state index < -0.39 is 10.0 Å². The third-order valence-electron chi connectivity index (χ3n) is 5.23. The largest absolute Gasteiger partial charge is 0.346 e. The standard InChI is InChI=1S/C23H23N3O3S/c1-16-6-9-21(10-7-16)30(28,29)26-17(2)13-19-14-18(8-11-22(19)26)23(27)25-15-20-5-3-4-12-24-20/h3-12,14,17H,13,15H2,1-2H3,(H,25,27)/t17-/m1/s1. The lowest BCUT2D eigenvalue weighted by Gasteiger charge is -2.24. The number of aryl methyl sites for hydroxylation is 1. The lowest BCUT2D eigenvalue weighted by Crippen LogP contribution is -2.35. The second kappa shape index (κ2) is 7.91. The number of carbonyl (C=O) groups is 1. The molecule has 1 N–H and O–H groups in total. The molecular weight excluding hydrogens is 398 g/mol. The molecule has 3 aromatic rings. The molecule has 154 valence electrons. The number of rotatable bonds is 5. The van der Waals surface area contributed by atoms with Crippen LogP contribution >= 0.6 is 0 Å². The molecule has 2 heterocycles. The van der Waals surface area contributed by atoms with Crippen molar-refractivity contribution in [2.75, 3.05) is 4.31 Å². The van der Waals surface area contributed by atoms with Gasteiger partial charge in [-0.3, -0.25) is 14.1 Å². The zero-order chi connectivity index (χ0) is 21.3. The maximum atomic E-state index is 13.2. The summed E-state index contributed by atoms with van der Waals surface area (Å²) in [4.78, 5) is 17.0. The van der Waals surface area contributed by atoms with E-state index in [9.17, 15) is 13.2 Å². The van der Waals surface area contributed by atoms with Crippen LogP contribution in [0.25, 0.3) is 0 Å². The number of nitrogens with one attached hydrogen (secondary N) is 1. The number of benzene rings is 2. The van der Waals surface area contributed by atoms with Gasteiger partial charge < -0.3 is 5.32 Å². The Morgan fingerprint density at radius 2 is 1.90 bits per heavy atom. The summed E-state index contributed by atoms with van der Waals surface area (Å²) in [6.45, 7) is 4.14. The summed E-state index contributed by atoms with van der Waals surface area (Å²) in [7, 11) is -3.67. The number of pyridine rings is 1. The van der Waals surface area contributed by atoms with E-state index in [1.807, 2.05) is 32.0 Å². The molecule has 1 amide bonds. The van der Waals surface area contributed by atoms with Gasteiger partial charge in [0.1, 0.15) is 0 Å². The number of hydrogen-bond acceptors (Lipinski definition) is 4. The van der Waals surface area contributed by atoms with Crippen molar-refractivity contribution in [3.63, 3.8) is 0 Å². The first kappa shape index (κ1) is 20.1. The second-order valence-corrected chi connectivity index (χ2v) is 9.33. The fourth-order valence-corrected chi connectivity index (χ4v) is 5.40. The first-order valence-electron chi connectivity index (χ1n) is 9.78. The average Bonchev–Trinajstić information content (AvgIpc) is 3.08. The Morgan fingerprint density at radius 1 is 1.13 bits per heavy atom. The maximum absolute atomic E-state index is 13.2. The van der Waals surface area contributed by atoms with Gasteiger partial charge >= 0.3 is 0 Å². The van der Waals surface area contributed by atoms with Gasteiger partial charge in [-0.1, -0.05) is 23.8 Å². The van der Waals surface area contributed by atoms with E-state index in [1.54, 1.807) is 48.7 Å². The summed E-state index contributed by atoms with van der Waals surface area (Å²) in [5.41, 5.74) is 3.76. The monoisotopic (exact) mass is 421 g/mol. The number of carbonyl (C=O) groups excluding carboxylic acids is 1.